The number of nitrogens with zero attached hydrogens (tertiary/aromatic N) is 1. The normalized spacial score (nSPS) is 12.7. The average molecular weight is 321 g/mol. The van der Waals surface area contributed by atoms with Gasteiger partial charge >= 0.3 is 0 Å². The molecule has 7 heteroatoms. The Hall–Kier alpha value is -2.22. The summed E-state index contributed by atoms with van der Waals surface area (Å²) in [5.41, 5.74) is -0.746. The second-order valence-corrected chi connectivity index (χ2v) is 6.15. The van der Waals surface area contributed by atoms with Crippen molar-refractivity contribution in [3.05, 3.63) is 60.2 Å². The minimum absolute atomic E-state index is 0.00432. The Morgan fingerprint density at radius 3 is 2.00 bits per heavy atom. The van der Waals surface area contributed by atoms with Crippen molar-refractivity contribution >= 4 is 27.3 Å². The lowest BCUT2D eigenvalue weighted by molar-refractivity contribution is 0.0848. The highest BCUT2D eigenvalue weighted by Crippen LogP contribution is 2.23. The molecule has 2 N–H and O–H groups in total. The van der Waals surface area contributed by atoms with Crippen molar-refractivity contribution < 1.29 is 22.9 Å². The van der Waals surface area contributed by atoms with Crippen LogP contribution in [-0.4, -0.2) is 36.3 Å². The third kappa shape index (κ3) is 3.51. The summed E-state index contributed by atoms with van der Waals surface area (Å²) in [6.07, 6.45) is 0. The number of para-hydroxylation sites is 1. The number of aliphatic hydroxyl groups is 1. The van der Waals surface area contributed by atoms with Gasteiger partial charge in [0, 0.05) is 24.0 Å². The standard InChI is InChI=1S/C15H15NO5S/c1-16(12-5-3-2-4-6-12)13-9-7-11(8-10-13)14(17)15(18)22(19,20)21/h2-10,15,18H,1H3,(H,19,20,21). The van der Waals surface area contributed by atoms with Gasteiger partial charge in [0.15, 0.2) is 0 Å². The molecule has 0 fully saturated rings. The summed E-state index contributed by atoms with van der Waals surface area (Å²) in [6.45, 7) is 0. The summed E-state index contributed by atoms with van der Waals surface area (Å²) in [5.74, 6) is -1.07. The lowest BCUT2D eigenvalue weighted by Crippen LogP contribution is -2.29. The molecule has 0 heterocycles. The number of rotatable bonds is 5. The van der Waals surface area contributed by atoms with Crippen molar-refractivity contribution in [1.82, 2.24) is 0 Å². The Morgan fingerprint density at radius 1 is 1.00 bits per heavy atom. The molecule has 0 amide bonds. The van der Waals surface area contributed by atoms with E-state index >= 15 is 0 Å². The fourth-order valence-corrected chi connectivity index (χ4v) is 2.33. The molecule has 2 aromatic rings. The number of hydrogen-bond acceptors (Lipinski definition) is 5. The van der Waals surface area contributed by atoms with Crippen LogP contribution in [0.5, 0.6) is 0 Å². The second kappa shape index (κ2) is 6.27. The van der Waals surface area contributed by atoms with Crippen LogP contribution >= 0.6 is 0 Å². The zero-order chi connectivity index (χ0) is 16.3. The fraction of sp³-hybridized carbons (Fsp3) is 0.133. The molecule has 6 nitrogen and oxygen atoms in total. The molecule has 1 atom stereocenters. The van der Waals surface area contributed by atoms with Gasteiger partial charge in [-0.25, -0.2) is 0 Å². The fourth-order valence-electron chi connectivity index (χ4n) is 1.93. The van der Waals surface area contributed by atoms with Gasteiger partial charge in [0.2, 0.25) is 11.2 Å². The molecule has 0 aliphatic heterocycles. The zero-order valence-electron chi connectivity index (χ0n) is 11.7. The number of carbonyl (C=O) groups is 1. The van der Waals surface area contributed by atoms with E-state index in [1.807, 2.05) is 42.3 Å². The first kappa shape index (κ1) is 16.2. The molecule has 2 aromatic carbocycles. The molecular formula is C15H15NO5S. The van der Waals surface area contributed by atoms with Gasteiger partial charge in [-0.1, -0.05) is 18.2 Å². The molecule has 0 spiro atoms. The lowest BCUT2D eigenvalue weighted by Gasteiger charge is -2.19. The Balaban J connectivity index is 2.22. The van der Waals surface area contributed by atoms with Crippen LogP contribution in [0.1, 0.15) is 10.4 Å². The monoisotopic (exact) mass is 321 g/mol. The predicted molar refractivity (Wildman–Crippen MR) is 82.8 cm³/mol. The number of aliphatic hydroxyl groups excluding tert-OH is 1. The molecule has 0 saturated carbocycles. The number of hydrogen-bond donors (Lipinski definition) is 2. The van der Waals surface area contributed by atoms with Crippen LogP contribution in [-0.2, 0) is 10.1 Å². The number of anilines is 2. The maximum absolute atomic E-state index is 11.7. The molecule has 22 heavy (non-hydrogen) atoms. The summed E-state index contributed by atoms with van der Waals surface area (Å²) in [7, 11) is -2.98. The highest BCUT2D eigenvalue weighted by Gasteiger charge is 2.29. The molecule has 1 unspecified atom stereocenters. The van der Waals surface area contributed by atoms with Crippen LogP contribution < -0.4 is 4.90 Å². The van der Waals surface area contributed by atoms with Gasteiger partial charge in [0.25, 0.3) is 10.1 Å². The van der Waals surface area contributed by atoms with E-state index in [1.54, 1.807) is 12.1 Å². The molecule has 0 aromatic heterocycles. The van der Waals surface area contributed by atoms with Crippen molar-refractivity contribution in [3.8, 4) is 0 Å². The Bertz CT molecular complexity index is 756. The minimum atomic E-state index is -4.82. The van der Waals surface area contributed by atoms with Crippen LogP contribution in [0.2, 0.25) is 0 Å². The van der Waals surface area contributed by atoms with Crippen LogP contribution in [0.4, 0.5) is 11.4 Å². The van der Waals surface area contributed by atoms with Gasteiger partial charge in [-0.3, -0.25) is 9.35 Å². The molecule has 0 radical (unpaired) electrons. The van der Waals surface area contributed by atoms with Gasteiger partial charge in [-0.2, -0.15) is 8.42 Å². The maximum atomic E-state index is 11.7. The summed E-state index contributed by atoms with van der Waals surface area (Å²) in [5, 5.41) is 9.27. The first-order valence-corrected chi connectivity index (χ1v) is 7.88. The molecule has 0 bridgehead atoms. The minimum Gasteiger partial charge on any atom is -0.369 e. The van der Waals surface area contributed by atoms with E-state index in [1.165, 1.54) is 12.1 Å². The van der Waals surface area contributed by atoms with E-state index in [-0.39, 0.29) is 5.56 Å². The summed E-state index contributed by atoms with van der Waals surface area (Å²) in [4.78, 5) is 13.6. The third-order valence-electron chi connectivity index (χ3n) is 3.19. The van der Waals surface area contributed by atoms with Gasteiger partial charge < -0.3 is 10.0 Å². The number of Topliss-reactive ketones (excluding diaryl/α,β-unsaturated/α-hetero) is 1. The molecule has 0 aliphatic carbocycles. The predicted octanol–water partition coefficient (Wildman–Crippen LogP) is 1.84. The maximum Gasteiger partial charge on any atom is 0.299 e. The molecule has 0 aliphatic rings. The summed E-state index contributed by atoms with van der Waals surface area (Å²) >= 11 is 0. The van der Waals surface area contributed by atoms with Gasteiger partial charge in [-0.05, 0) is 36.4 Å². The number of ketones is 1. The smallest absolute Gasteiger partial charge is 0.299 e. The Kier molecular flexibility index (Phi) is 4.60. The van der Waals surface area contributed by atoms with Crippen LogP contribution in [0.15, 0.2) is 54.6 Å². The number of carbonyl (C=O) groups excluding carboxylic acids is 1. The van der Waals surface area contributed by atoms with Crippen LogP contribution in [0.3, 0.4) is 0 Å². The van der Waals surface area contributed by atoms with E-state index in [4.69, 9.17) is 4.55 Å². The quantitative estimate of drug-likeness (QED) is 0.644. The van der Waals surface area contributed by atoms with Crippen molar-refractivity contribution in [2.24, 2.45) is 0 Å². The molecule has 0 saturated heterocycles. The van der Waals surface area contributed by atoms with Crippen LogP contribution in [0.25, 0.3) is 0 Å². The third-order valence-corrected chi connectivity index (χ3v) is 3.97. The van der Waals surface area contributed by atoms with E-state index < -0.39 is 21.3 Å². The molecular weight excluding hydrogens is 306 g/mol. The van der Waals surface area contributed by atoms with Crippen molar-refractivity contribution in [1.29, 1.82) is 0 Å². The van der Waals surface area contributed by atoms with E-state index in [2.05, 4.69) is 0 Å². The molecule has 116 valence electrons. The summed E-state index contributed by atoms with van der Waals surface area (Å²) in [6, 6.07) is 15.6. The molecule has 2 rings (SSSR count). The van der Waals surface area contributed by atoms with E-state index in [0.29, 0.717) is 0 Å². The highest BCUT2D eigenvalue weighted by molar-refractivity contribution is 7.87. The zero-order valence-corrected chi connectivity index (χ0v) is 12.6. The first-order chi connectivity index (χ1) is 10.3. The topological polar surface area (TPSA) is 94.9 Å². The SMILES string of the molecule is CN(c1ccccc1)c1ccc(C(=O)C(O)S(=O)(=O)O)cc1. The van der Waals surface area contributed by atoms with Crippen molar-refractivity contribution in [2.45, 2.75) is 5.44 Å². The van der Waals surface area contributed by atoms with Crippen molar-refractivity contribution in [2.75, 3.05) is 11.9 Å². The van der Waals surface area contributed by atoms with Crippen molar-refractivity contribution in [3.63, 3.8) is 0 Å². The van der Waals surface area contributed by atoms with Gasteiger partial charge in [0.05, 0.1) is 0 Å². The van der Waals surface area contributed by atoms with Gasteiger partial charge in [0.1, 0.15) is 0 Å². The van der Waals surface area contributed by atoms with Gasteiger partial charge in [-0.15, -0.1) is 0 Å². The van der Waals surface area contributed by atoms with E-state index in [0.717, 1.165) is 11.4 Å². The Labute approximate surface area is 128 Å². The summed E-state index contributed by atoms with van der Waals surface area (Å²) < 4.78 is 30.3. The van der Waals surface area contributed by atoms with E-state index in [9.17, 15) is 18.3 Å². The highest BCUT2D eigenvalue weighted by atomic mass is 32.2. The lowest BCUT2D eigenvalue weighted by atomic mass is 10.1. The van der Waals surface area contributed by atoms with Crippen LogP contribution in [0, 0.1) is 0 Å². The number of benzene rings is 2. The average Bonchev–Trinajstić information content (AvgIpc) is 2.53. The largest absolute Gasteiger partial charge is 0.369 e. The second-order valence-electron chi connectivity index (χ2n) is 4.67. The first-order valence-electron chi connectivity index (χ1n) is 6.38. The Morgan fingerprint density at radius 2 is 1.50 bits per heavy atom.